The molecule has 4 N–H and O–H groups in total. The second kappa shape index (κ2) is 13.9. The van der Waals surface area contributed by atoms with Gasteiger partial charge in [-0.3, -0.25) is 10.6 Å². The Labute approximate surface area is 235 Å². The molecule has 0 heterocycles. The van der Waals surface area contributed by atoms with E-state index in [9.17, 15) is 10.2 Å². The van der Waals surface area contributed by atoms with Crippen LogP contribution in [0.4, 0.5) is 0 Å². The minimum atomic E-state index is -1.33. The van der Waals surface area contributed by atoms with E-state index in [0.29, 0.717) is 36.0 Å². The summed E-state index contributed by atoms with van der Waals surface area (Å²) in [5.41, 5.74) is 2.55. The number of rotatable bonds is 13. The zero-order valence-electron chi connectivity index (χ0n) is 21.2. The van der Waals surface area contributed by atoms with Crippen molar-refractivity contribution < 1.29 is 10.2 Å². The molecule has 3 atom stereocenters. The molecule has 0 aliphatic rings. The van der Waals surface area contributed by atoms with Crippen molar-refractivity contribution >= 4 is 23.2 Å². The van der Waals surface area contributed by atoms with Gasteiger partial charge in [-0.15, -0.1) is 0 Å². The highest BCUT2D eigenvalue weighted by Gasteiger charge is 2.38. The van der Waals surface area contributed by atoms with E-state index in [2.05, 4.69) is 22.8 Å². The summed E-state index contributed by atoms with van der Waals surface area (Å²) >= 11 is 12.7. The number of hydrogen-bond donors (Lipinski definition) is 4. The zero-order chi connectivity index (χ0) is 26.8. The van der Waals surface area contributed by atoms with Crippen molar-refractivity contribution in [2.75, 3.05) is 0 Å². The number of hydrogen-bond acceptors (Lipinski definition) is 4. The minimum Gasteiger partial charge on any atom is -0.379 e. The third-order valence-electron chi connectivity index (χ3n) is 6.90. The lowest BCUT2D eigenvalue weighted by molar-refractivity contribution is -0.0470. The Morgan fingerprint density at radius 2 is 1.21 bits per heavy atom. The Bertz CT molecular complexity index is 1270. The molecule has 0 aromatic heterocycles. The molecule has 4 rings (SSSR count). The highest BCUT2D eigenvalue weighted by atomic mass is 35.5. The molecule has 4 nitrogen and oxygen atoms in total. The maximum Gasteiger partial charge on any atom is 0.123 e. The summed E-state index contributed by atoms with van der Waals surface area (Å²) in [6.07, 6.45) is 0.522. The van der Waals surface area contributed by atoms with E-state index in [-0.39, 0.29) is 6.42 Å². The Kier molecular flexibility index (Phi) is 10.4. The van der Waals surface area contributed by atoms with Crippen LogP contribution in [-0.2, 0) is 19.5 Å². The van der Waals surface area contributed by atoms with Gasteiger partial charge in [0.15, 0.2) is 0 Å². The largest absolute Gasteiger partial charge is 0.379 e. The highest BCUT2D eigenvalue weighted by Crippen LogP contribution is 2.35. The molecule has 198 valence electrons. The summed E-state index contributed by atoms with van der Waals surface area (Å²) in [5.74, 6) is -0.413. The second-order valence-corrected chi connectivity index (χ2v) is 10.4. The van der Waals surface area contributed by atoms with E-state index >= 15 is 0 Å². The predicted octanol–water partition coefficient (Wildman–Crippen LogP) is 6.69. The van der Waals surface area contributed by atoms with Gasteiger partial charge >= 0.3 is 0 Å². The lowest BCUT2D eigenvalue weighted by atomic mass is 9.81. The Hall–Kier alpha value is -2.70. The van der Waals surface area contributed by atoms with Crippen LogP contribution >= 0.6 is 23.2 Å². The summed E-state index contributed by atoms with van der Waals surface area (Å²) in [4.78, 5) is 0. The van der Waals surface area contributed by atoms with Gasteiger partial charge in [-0.2, -0.15) is 0 Å². The molecule has 0 spiro atoms. The van der Waals surface area contributed by atoms with Crippen LogP contribution in [0.1, 0.15) is 41.0 Å². The Morgan fingerprint density at radius 3 is 1.82 bits per heavy atom. The van der Waals surface area contributed by atoms with Gasteiger partial charge in [0, 0.05) is 29.1 Å². The first kappa shape index (κ1) is 28.3. The molecule has 4 aromatic rings. The summed E-state index contributed by atoms with van der Waals surface area (Å²) in [7, 11) is 0. The van der Waals surface area contributed by atoms with Gasteiger partial charge < -0.3 is 10.2 Å². The zero-order valence-corrected chi connectivity index (χ0v) is 22.7. The standard InChI is InChI=1S/C32H34Cl2N2O2/c33-29-17-9-7-15-26(29)22-35-31(37)21-28(25-13-5-2-6-14-25)32(38,20-19-24-11-3-1-4-12-24)36-23-27-16-8-10-18-30(27)34/h1-18,28,31,35-38H,19-23H2. The summed E-state index contributed by atoms with van der Waals surface area (Å²) in [6, 6.07) is 35.1. The monoisotopic (exact) mass is 548 g/mol. The fraction of sp³-hybridized carbons (Fsp3) is 0.250. The van der Waals surface area contributed by atoms with Crippen LogP contribution < -0.4 is 10.6 Å². The van der Waals surface area contributed by atoms with Crippen molar-refractivity contribution in [1.82, 2.24) is 10.6 Å². The predicted molar refractivity (Wildman–Crippen MR) is 156 cm³/mol. The first-order chi connectivity index (χ1) is 18.4. The summed E-state index contributed by atoms with van der Waals surface area (Å²) in [5, 5.41) is 31.3. The third kappa shape index (κ3) is 7.90. The van der Waals surface area contributed by atoms with Crippen LogP contribution in [0.15, 0.2) is 109 Å². The maximum atomic E-state index is 12.3. The molecule has 3 unspecified atom stereocenters. The topological polar surface area (TPSA) is 64.5 Å². The lowest BCUT2D eigenvalue weighted by Gasteiger charge is -2.39. The molecule has 0 aliphatic heterocycles. The van der Waals surface area contributed by atoms with Crippen molar-refractivity contribution in [3.63, 3.8) is 0 Å². The van der Waals surface area contributed by atoms with Crippen LogP contribution in [0.3, 0.4) is 0 Å². The van der Waals surface area contributed by atoms with E-state index < -0.39 is 17.9 Å². The molecular weight excluding hydrogens is 515 g/mol. The van der Waals surface area contributed by atoms with Crippen LogP contribution in [0.25, 0.3) is 0 Å². The number of benzene rings is 4. The third-order valence-corrected chi connectivity index (χ3v) is 7.64. The molecule has 4 aromatic carbocycles. The molecule has 0 aliphatic carbocycles. The fourth-order valence-corrected chi connectivity index (χ4v) is 5.13. The number of aliphatic hydroxyl groups is 2. The van der Waals surface area contributed by atoms with Gasteiger partial charge in [0.1, 0.15) is 12.0 Å². The minimum absolute atomic E-state index is 0.287. The molecule has 0 amide bonds. The van der Waals surface area contributed by atoms with E-state index in [1.165, 1.54) is 0 Å². The van der Waals surface area contributed by atoms with Gasteiger partial charge in [0.25, 0.3) is 0 Å². The van der Waals surface area contributed by atoms with Crippen LogP contribution in [0.5, 0.6) is 0 Å². The maximum absolute atomic E-state index is 12.3. The summed E-state index contributed by atoms with van der Waals surface area (Å²) < 4.78 is 0. The average molecular weight is 550 g/mol. The van der Waals surface area contributed by atoms with E-state index in [1.54, 1.807) is 0 Å². The van der Waals surface area contributed by atoms with Gasteiger partial charge in [0.05, 0.1) is 0 Å². The van der Waals surface area contributed by atoms with Crippen molar-refractivity contribution in [3.05, 3.63) is 141 Å². The van der Waals surface area contributed by atoms with E-state index in [4.69, 9.17) is 23.2 Å². The molecule has 0 radical (unpaired) electrons. The number of aliphatic hydroxyl groups excluding tert-OH is 1. The van der Waals surface area contributed by atoms with Crippen molar-refractivity contribution in [2.24, 2.45) is 0 Å². The van der Waals surface area contributed by atoms with E-state index in [0.717, 1.165) is 22.3 Å². The molecule has 0 saturated carbocycles. The van der Waals surface area contributed by atoms with Crippen LogP contribution in [-0.4, -0.2) is 22.2 Å². The van der Waals surface area contributed by atoms with E-state index in [1.807, 2.05) is 97.1 Å². The van der Waals surface area contributed by atoms with Gasteiger partial charge in [-0.05, 0) is 53.6 Å². The molecule has 0 saturated heterocycles. The van der Waals surface area contributed by atoms with Crippen LogP contribution in [0.2, 0.25) is 10.0 Å². The van der Waals surface area contributed by atoms with Crippen molar-refractivity contribution in [3.8, 4) is 0 Å². The van der Waals surface area contributed by atoms with Crippen molar-refractivity contribution in [2.45, 2.75) is 50.2 Å². The Morgan fingerprint density at radius 1 is 0.684 bits per heavy atom. The molecule has 0 fully saturated rings. The lowest BCUT2D eigenvalue weighted by Crippen LogP contribution is -2.52. The van der Waals surface area contributed by atoms with Crippen LogP contribution in [0, 0.1) is 0 Å². The summed E-state index contributed by atoms with van der Waals surface area (Å²) in [6.45, 7) is 0.801. The number of halogens is 2. The molecular formula is C32H34Cl2N2O2. The molecule has 6 heteroatoms. The highest BCUT2D eigenvalue weighted by molar-refractivity contribution is 6.31. The Balaban J connectivity index is 1.59. The fourth-order valence-electron chi connectivity index (χ4n) is 4.72. The second-order valence-electron chi connectivity index (χ2n) is 9.54. The normalized spacial score (nSPS) is 14.5. The first-order valence-corrected chi connectivity index (χ1v) is 13.6. The SMILES string of the molecule is OC(CC(c1ccccc1)C(O)(CCc1ccccc1)NCc1ccccc1Cl)NCc1ccccc1Cl. The first-order valence-electron chi connectivity index (χ1n) is 12.9. The van der Waals surface area contributed by atoms with Crippen molar-refractivity contribution in [1.29, 1.82) is 0 Å². The molecule has 0 bridgehead atoms. The smallest absolute Gasteiger partial charge is 0.123 e. The quantitative estimate of drug-likeness (QED) is 0.140. The van der Waals surface area contributed by atoms with Gasteiger partial charge in [-0.25, -0.2) is 0 Å². The number of nitrogens with one attached hydrogen (secondary N) is 2. The number of aryl methyl sites for hydroxylation is 1. The average Bonchev–Trinajstić information content (AvgIpc) is 2.95. The van der Waals surface area contributed by atoms with Gasteiger partial charge in [-0.1, -0.05) is 120 Å². The van der Waals surface area contributed by atoms with Gasteiger partial charge in [0.2, 0.25) is 0 Å². The molecule has 38 heavy (non-hydrogen) atoms.